The second-order valence-corrected chi connectivity index (χ2v) is 5.16. The van der Waals surface area contributed by atoms with Crippen LogP contribution in [0.2, 0.25) is 0 Å². The number of aromatic nitrogens is 3. The van der Waals surface area contributed by atoms with Gasteiger partial charge in [-0.1, -0.05) is 13.8 Å². The highest BCUT2D eigenvalue weighted by molar-refractivity contribution is 5.31. The normalized spacial score (nSPS) is 10.8. The van der Waals surface area contributed by atoms with Crippen LogP contribution >= 0.6 is 0 Å². The monoisotopic (exact) mass is 272 g/mol. The molecule has 0 unspecified atom stereocenters. The van der Waals surface area contributed by atoms with Gasteiger partial charge in [0, 0.05) is 37.9 Å². The van der Waals surface area contributed by atoms with Crippen molar-refractivity contribution in [3.8, 4) is 0 Å². The Hall–Kier alpha value is -2.17. The summed E-state index contributed by atoms with van der Waals surface area (Å²) in [4.78, 5) is 20.3. The van der Waals surface area contributed by atoms with Gasteiger partial charge in [0.25, 0.3) is 5.56 Å². The van der Waals surface area contributed by atoms with Gasteiger partial charge in [-0.2, -0.15) is 0 Å². The third kappa shape index (κ3) is 3.91. The molecule has 0 aliphatic heterocycles. The Bertz CT molecular complexity index is 592. The number of anilines is 1. The van der Waals surface area contributed by atoms with Gasteiger partial charge in [0.15, 0.2) is 5.82 Å². The van der Waals surface area contributed by atoms with E-state index < -0.39 is 0 Å². The molecule has 0 saturated heterocycles. The fourth-order valence-electron chi connectivity index (χ4n) is 1.98. The van der Waals surface area contributed by atoms with Crippen LogP contribution in [-0.4, -0.2) is 21.1 Å². The zero-order valence-corrected chi connectivity index (χ0v) is 11.9. The molecule has 2 heterocycles. The Kier molecular flexibility index (Phi) is 4.87. The van der Waals surface area contributed by atoms with Crippen molar-refractivity contribution < 1.29 is 0 Å². The average Bonchev–Trinajstić information content (AvgIpc) is 2.43. The van der Waals surface area contributed by atoms with Crippen LogP contribution in [0.25, 0.3) is 0 Å². The van der Waals surface area contributed by atoms with Crippen LogP contribution in [-0.2, 0) is 13.0 Å². The van der Waals surface area contributed by atoms with E-state index in [1.54, 1.807) is 29.4 Å². The summed E-state index contributed by atoms with van der Waals surface area (Å²) in [6.45, 7) is 5.56. The second-order valence-electron chi connectivity index (χ2n) is 5.16. The molecule has 0 aliphatic rings. The van der Waals surface area contributed by atoms with Crippen LogP contribution < -0.4 is 10.9 Å². The fraction of sp³-hybridized carbons (Fsp3) is 0.400. The average molecular weight is 272 g/mol. The number of hydrogen-bond acceptors (Lipinski definition) is 4. The summed E-state index contributed by atoms with van der Waals surface area (Å²) in [7, 11) is 0. The summed E-state index contributed by atoms with van der Waals surface area (Å²) in [5.74, 6) is 0.849. The Morgan fingerprint density at radius 1 is 1.25 bits per heavy atom. The number of nitrogens with zero attached hydrogens (tertiary/aromatic N) is 3. The van der Waals surface area contributed by atoms with E-state index in [-0.39, 0.29) is 5.56 Å². The van der Waals surface area contributed by atoms with Gasteiger partial charge < -0.3 is 9.88 Å². The zero-order chi connectivity index (χ0) is 14.4. The van der Waals surface area contributed by atoms with Crippen molar-refractivity contribution in [1.82, 2.24) is 14.5 Å². The lowest BCUT2D eigenvalue weighted by Gasteiger charge is -2.10. The first-order valence-electron chi connectivity index (χ1n) is 6.85. The molecule has 20 heavy (non-hydrogen) atoms. The molecule has 0 aliphatic carbocycles. The van der Waals surface area contributed by atoms with E-state index in [4.69, 9.17) is 0 Å². The molecule has 2 rings (SSSR count). The van der Waals surface area contributed by atoms with Crippen LogP contribution in [0.15, 0.2) is 41.7 Å². The lowest BCUT2D eigenvalue weighted by atomic mass is 10.2. The van der Waals surface area contributed by atoms with Crippen molar-refractivity contribution in [1.29, 1.82) is 0 Å². The molecule has 0 amide bonds. The van der Waals surface area contributed by atoms with Crippen molar-refractivity contribution in [2.24, 2.45) is 5.92 Å². The van der Waals surface area contributed by atoms with Gasteiger partial charge in [0.2, 0.25) is 0 Å². The third-order valence-corrected chi connectivity index (χ3v) is 2.93. The van der Waals surface area contributed by atoms with Crippen LogP contribution in [0.3, 0.4) is 0 Å². The van der Waals surface area contributed by atoms with Crippen molar-refractivity contribution >= 4 is 5.82 Å². The van der Waals surface area contributed by atoms with Crippen molar-refractivity contribution in [3.63, 3.8) is 0 Å². The predicted molar refractivity (Wildman–Crippen MR) is 79.8 cm³/mol. The van der Waals surface area contributed by atoms with Crippen molar-refractivity contribution in [3.05, 3.63) is 52.8 Å². The quantitative estimate of drug-likeness (QED) is 0.873. The van der Waals surface area contributed by atoms with Gasteiger partial charge in [-0.25, -0.2) is 4.98 Å². The van der Waals surface area contributed by atoms with Crippen molar-refractivity contribution in [2.75, 3.05) is 11.9 Å². The molecule has 106 valence electrons. The first-order valence-corrected chi connectivity index (χ1v) is 6.85. The summed E-state index contributed by atoms with van der Waals surface area (Å²) in [6.07, 6.45) is 7.77. The highest BCUT2D eigenvalue weighted by atomic mass is 16.1. The fourth-order valence-corrected chi connectivity index (χ4v) is 1.98. The van der Waals surface area contributed by atoms with Gasteiger partial charge in [-0.3, -0.25) is 9.78 Å². The summed E-state index contributed by atoms with van der Waals surface area (Å²) in [5, 5.41) is 3.11. The molecule has 5 nitrogen and oxygen atoms in total. The molecule has 2 aromatic rings. The van der Waals surface area contributed by atoms with E-state index in [9.17, 15) is 4.79 Å². The molecule has 0 aromatic carbocycles. The maximum atomic E-state index is 12.2. The Balaban J connectivity index is 1.98. The minimum atomic E-state index is -0.0593. The molecule has 0 bridgehead atoms. The summed E-state index contributed by atoms with van der Waals surface area (Å²) < 4.78 is 1.70. The first-order chi connectivity index (χ1) is 9.66. The molecular weight excluding hydrogens is 252 g/mol. The van der Waals surface area contributed by atoms with E-state index in [1.807, 2.05) is 12.1 Å². The van der Waals surface area contributed by atoms with E-state index in [2.05, 4.69) is 29.1 Å². The lowest BCUT2D eigenvalue weighted by Crippen LogP contribution is -2.26. The summed E-state index contributed by atoms with van der Waals surface area (Å²) >= 11 is 0. The Labute approximate surface area is 118 Å². The van der Waals surface area contributed by atoms with Crippen LogP contribution in [0.4, 0.5) is 5.82 Å². The minimum absolute atomic E-state index is 0.0593. The molecule has 2 aromatic heterocycles. The van der Waals surface area contributed by atoms with E-state index in [0.29, 0.717) is 24.8 Å². The van der Waals surface area contributed by atoms with Gasteiger partial charge in [0.05, 0.1) is 0 Å². The molecule has 1 N–H and O–H groups in total. The Morgan fingerprint density at radius 2 is 2.00 bits per heavy atom. The second kappa shape index (κ2) is 6.84. The number of pyridine rings is 1. The van der Waals surface area contributed by atoms with Crippen LogP contribution in [0.1, 0.15) is 19.4 Å². The van der Waals surface area contributed by atoms with Gasteiger partial charge in [0.1, 0.15) is 0 Å². The standard InChI is InChI=1S/C15H20N4O/c1-12(2)11-19-10-9-18-14(15(19)20)17-8-5-13-3-6-16-7-4-13/h3-4,6-7,9-10,12H,5,8,11H2,1-2H3,(H,17,18). The molecule has 0 spiro atoms. The maximum absolute atomic E-state index is 12.2. The first kappa shape index (κ1) is 14.2. The maximum Gasteiger partial charge on any atom is 0.293 e. The van der Waals surface area contributed by atoms with E-state index in [1.165, 1.54) is 5.56 Å². The zero-order valence-electron chi connectivity index (χ0n) is 11.9. The number of rotatable bonds is 6. The molecule has 0 fully saturated rings. The summed E-state index contributed by atoms with van der Waals surface area (Å²) in [5.41, 5.74) is 1.13. The number of nitrogens with one attached hydrogen (secondary N) is 1. The van der Waals surface area contributed by atoms with Gasteiger partial charge >= 0.3 is 0 Å². The highest BCUT2D eigenvalue weighted by Crippen LogP contribution is 2.00. The highest BCUT2D eigenvalue weighted by Gasteiger charge is 2.05. The largest absolute Gasteiger partial charge is 0.365 e. The molecule has 0 saturated carbocycles. The van der Waals surface area contributed by atoms with Gasteiger partial charge in [-0.15, -0.1) is 0 Å². The SMILES string of the molecule is CC(C)Cn1ccnc(NCCc2ccncc2)c1=O. The molecular formula is C15H20N4O. The minimum Gasteiger partial charge on any atom is -0.365 e. The van der Waals surface area contributed by atoms with E-state index in [0.717, 1.165) is 6.42 Å². The predicted octanol–water partition coefficient (Wildman–Crippen LogP) is 1.95. The summed E-state index contributed by atoms with van der Waals surface area (Å²) in [6, 6.07) is 3.94. The smallest absolute Gasteiger partial charge is 0.293 e. The third-order valence-electron chi connectivity index (χ3n) is 2.93. The van der Waals surface area contributed by atoms with Crippen molar-refractivity contribution in [2.45, 2.75) is 26.8 Å². The van der Waals surface area contributed by atoms with E-state index >= 15 is 0 Å². The number of hydrogen-bond donors (Lipinski definition) is 1. The van der Waals surface area contributed by atoms with Crippen LogP contribution in [0.5, 0.6) is 0 Å². The van der Waals surface area contributed by atoms with Crippen LogP contribution in [0, 0.1) is 5.92 Å². The molecule has 5 heteroatoms. The lowest BCUT2D eigenvalue weighted by molar-refractivity contribution is 0.509. The Morgan fingerprint density at radius 3 is 2.70 bits per heavy atom. The van der Waals surface area contributed by atoms with Gasteiger partial charge in [-0.05, 0) is 30.0 Å². The topological polar surface area (TPSA) is 59.8 Å². The molecule has 0 atom stereocenters. The molecule has 0 radical (unpaired) electrons.